The Morgan fingerprint density at radius 3 is 2.39 bits per heavy atom. The van der Waals surface area contributed by atoms with E-state index in [0.717, 1.165) is 85.9 Å². The van der Waals surface area contributed by atoms with Crippen molar-refractivity contribution in [1.29, 1.82) is 0 Å². The molecule has 3 N–H and O–H groups in total. The Morgan fingerprint density at radius 1 is 0.968 bits per heavy atom. The largest absolute Gasteiger partial charge is 0.433 e. The summed E-state index contributed by atoms with van der Waals surface area (Å²) in [6.07, 6.45) is 7.57. The summed E-state index contributed by atoms with van der Waals surface area (Å²) in [5.41, 5.74) is 1.32. The molecule has 2 aliphatic carbocycles. The molecule has 328 valence electrons. The highest BCUT2D eigenvalue weighted by molar-refractivity contribution is 6.04. The van der Waals surface area contributed by atoms with Gasteiger partial charge in [-0.25, -0.2) is 9.78 Å². The zero-order valence-electron chi connectivity index (χ0n) is 35.3. The maximum atomic E-state index is 13.4. The number of aliphatic hydroxyl groups is 1. The summed E-state index contributed by atoms with van der Waals surface area (Å²) in [5, 5.41) is 21.7. The van der Waals surface area contributed by atoms with Crippen molar-refractivity contribution in [3.8, 4) is 0 Å². The van der Waals surface area contributed by atoms with Crippen LogP contribution in [0.1, 0.15) is 117 Å². The zero-order valence-corrected chi connectivity index (χ0v) is 35.3. The molecule has 9 rings (SSSR count). The van der Waals surface area contributed by atoms with Gasteiger partial charge in [0.2, 0.25) is 11.8 Å². The van der Waals surface area contributed by atoms with Gasteiger partial charge in [-0.05, 0) is 144 Å². The highest BCUT2D eigenvalue weighted by Crippen LogP contribution is 2.54. The molecule has 0 bridgehead atoms. The third kappa shape index (κ3) is 8.07. The molecule has 2 aromatic carbocycles. The fourth-order valence-corrected chi connectivity index (χ4v) is 10.9. The number of alkyl halides is 3. The number of rotatable bonds is 9. The lowest BCUT2D eigenvalue weighted by molar-refractivity contribution is -0.141. The number of piperidine rings is 2. The van der Waals surface area contributed by atoms with Crippen LogP contribution >= 0.6 is 0 Å². The highest BCUT2D eigenvalue weighted by Gasteiger charge is 2.46. The molecule has 2 saturated heterocycles. The third-order valence-electron chi connectivity index (χ3n) is 14.1. The number of imidazole rings is 1. The number of anilines is 1. The molecule has 5 heterocycles. The van der Waals surface area contributed by atoms with Crippen LogP contribution in [-0.2, 0) is 34.8 Å². The number of pyridine rings is 1. The van der Waals surface area contributed by atoms with Crippen LogP contribution in [-0.4, -0.2) is 71.3 Å². The summed E-state index contributed by atoms with van der Waals surface area (Å²) in [5.74, 6) is -0.381. The van der Waals surface area contributed by atoms with E-state index in [2.05, 4.69) is 26.6 Å². The minimum atomic E-state index is -4.69. The van der Waals surface area contributed by atoms with Crippen molar-refractivity contribution in [2.24, 2.45) is 24.3 Å². The summed E-state index contributed by atoms with van der Waals surface area (Å²) in [4.78, 5) is 57.1. The molecule has 4 aliphatic rings. The number of carbonyl (C=O) groups excluding carboxylic acids is 3. The van der Waals surface area contributed by atoms with Gasteiger partial charge in [0.15, 0.2) is 0 Å². The number of imide groups is 1. The Balaban J connectivity index is 0.778. The number of likely N-dealkylation sites (tertiary alicyclic amines) is 1. The van der Waals surface area contributed by atoms with Gasteiger partial charge in [0.05, 0.1) is 28.2 Å². The first-order chi connectivity index (χ1) is 29.4. The van der Waals surface area contributed by atoms with E-state index in [1.165, 1.54) is 31.7 Å². The SMILES string of the molecule is Cn1c(=O)n(C2CCC(=O)NC2=O)c2cccc(CC3CC4(CCN(C[C@H]5CC[C@H](n6cc7cc(NC(=O)c8cccc(C(F)(F)F)n8)c(C(C)(C)O)cc7n6)CC5)CC4)C3)c21. The van der Waals surface area contributed by atoms with Gasteiger partial charge in [-0.1, -0.05) is 18.2 Å². The number of aryl methyl sites for hydroxylation is 1. The van der Waals surface area contributed by atoms with Crippen molar-refractivity contribution < 1.29 is 32.7 Å². The predicted molar refractivity (Wildman–Crippen MR) is 226 cm³/mol. The zero-order chi connectivity index (χ0) is 43.7. The van der Waals surface area contributed by atoms with Crippen LogP contribution in [0, 0.1) is 17.3 Å². The minimum Gasteiger partial charge on any atom is -0.386 e. The second kappa shape index (κ2) is 15.8. The lowest BCUT2D eigenvalue weighted by Crippen LogP contribution is -2.48. The van der Waals surface area contributed by atoms with E-state index < -0.39 is 35.3 Å². The number of halogens is 3. The number of hydrogen-bond donors (Lipinski definition) is 3. The van der Waals surface area contributed by atoms with E-state index in [0.29, 0.717) is 34.8 Å². The molecule has 62 heavy (non-hydrogen) atoms. The van der Waals surface area contributed by atoms with E-state index in [4.69, 9.17) is 5.10 Å². The minimum absolute atomic E-state index is 0.206. The Morgan fingerprint density at radius 2 is 1.69 bits per heavy atom. The van der Waals surface area contributed by atoms with E-state index >= 15 is 0 Å². The van der Waals surface area contributed by atoms with Crippen LogP contribution in [0.15, 0.2) is 59.5 Å². The van der Waals surface area contributed by atoms with Gasteiger partial charge < -0.3 is 15.3 Å². The van der Waals surface area contributed by atoms with Crippen molar-refractivity contribution in [3.63, 3.8) is 0 Å². The topological polar surface area (TPSA) is 156 Å². The van der Waals surface area contributed by atoms with E-state index in [-0.39, 0.29) is 35.4 Å². The fraction of sp³-hybridized carbons (Fsp3) is 0.522. The van der Waals surface area contributed by atoms with Crippen molar-refractivity contribution in [2.75, 3.05) is 25.0 Å². The van der Waals surface area contributed by atoms with Crippen LogP contribution in [0.2, 0.25) is 0 Å². The van der Waals surface area contributed by atoms with Crippen LogP contribution in [0.4, 0.5) is 18.9 Å². The van der Waals surface area contributed by atoms with Gasteiger partial charge in [0.1, 0.15) is 17.4 Å². The molecular weight excluding hydrogens is 802 g/mol. The first-order valence-corrected chi connectivity index (χ1v) is 21.8. The number of nitrogens with one attached hydrogen (secondary N) is 2. The first-order valence-electron chi connectivity index (χ1n) is 21.8. The molecule has 13 nitrogen and oxygen atoms in total. The van der Waals surface area contributed by atoms with Crippen LogP contribution in [0.5, 0.6) is 0 Å². The monoisotopic (exact) mass is 854 g/mol. The van der Waals surface area contributed by atoms with Crippen molar-refractivity contribution in [2.45, 2.75) is 108 Å². The Kier molecular flexibility index (Phi) is 10.7. The van der Waals surface area contributed by atoms with E-state index in [9.17, 15) is 37.5 Å². The highest BCUT2D eigenvalue weighted by atomic mass is 19.4. The molecule has 1 atom stereocenters. The standard InChI is InChI=1S/C46H53F3N8O5/c1-44(2,62)32-22-34-30(21-35(32)51-41(59)33-7-5-9-38(50-33)46(47,48)49)26-56(53-34)31-12-10-27(11-13-31)25-55-18-16-45(17-19-55)23-28(24-45)20-29-6-4-8-36-40(29)54(3)43(61)57(36)37-14-15-39(58)52-42(37)60/h4-9,21-22,26-28,31,37,62H,10-20,23-25H2,1-3H3,(H,51,59)(H,52,58,60)/t27-,31-,37?. The molecule has 0 radical (unpaired) electrons. The first kappa shape index (κ1) is 42.0. The Labute approximate surface area is 356 Å². The number of aromatic nitrogens is 5. The smallest absolute Gasteiger partial charge is 0.386 e. The van der Waals surface area contributed by atoms with Crippen LogP contribution < -0.4 is 16.3 Å². The van der Waals surface area contributed by atoms with Gasteiger partial charge in [0, 0.05) is 42.8 Å². The third-order valence-corrected chi connectivity index (χ3v) is 14.1. The molecule has 2 saturated carbocycles. The van der Waals surface area contributed by atoms with Gasteiger partial charge in [-0.3, -0.25) is 33.5 Å². The number of hydrogen-bond acceptors (Lipinski definition) is 8. The molecule has 4 fully saturated rings. The quantitative estimate of drug-likeness (QED) is 0.134. The lowest BCUT2D eigenvalue weighted by atomic mass is 9.56. The van der Waals surface area contributed by atoms with E-state index in [1.54, 1.807) is 42.2 Å². The van der Waals surface area contributed by atoms with Gasteiger partial charge in [-0.15, -0.1) is 0 Å². The maximum Gasteiger partial charge on any atom is 0.433 e. The average molecular weight is 855 g/mol. The summed E-state index contributed by atoms with van der Waals surface area (Å²) < 4.78 is 45.0. The number of benzene rings is 2. The number of fused-ring (bicyclic) bond motifs is 2. The number of amides is 3. The van der Waals surface area contributed by atoms with Crippen molar-refractivity contribution in [3.05, 3.63) is 87.7 Å². The molecule has 1 spiro atoms. The predicted octanol–water partition coefficient (Wildman–Crippen LogP) is 7.03. The second-order valence-electron chi connectivity index (χ2n) is 18.9. The van der Waals surface area contributed by atoms with Crippen LogP contribution in [0.3, 0.4) is 0 Å². The summed E-state index contributed by atoms with van der Waals surface area (Å²) in [6.45, 7) is 6.45. The fourth-order valence-electron chi connectivity index (χ4n) is 10.9. The second-order valence-corrected chi connectivity index (χ2v) is 18.9. The van der Waals surface area contributed by atoms with Gasteiger partial charge in [-0.2, -0.15) is 18.3 Å². The van der Waals surface area contributed by atoms with E-state index in [1.807, 2.05) is 23.0 Å². The van der Waals surface area contributed by atoms with Gasteiger partial charge >= 0.3 is 11.9 Å². The average Bonchev–Trinajstić information content (AvgIpc) is 3.75. The van der Waals surface area contributed by atoms with Gasteiger partial charge in [0.25, 0.3) is 5.91 Å². The van der Waals surface area contributed by atoms with Crippen LogP contribution in [0.25, 0.3) is 21.9 Å². The summed E-state index contributed by atoms with van der Waals surface area (Å²) >= 11 is 0. The number of para-hydroxylation sites is 1. The molecule has 2 aliphatic heterocycles. The van der Waals surface area contributed by atoms with Crippen molar-refractivity contribution in [1.82, 2.24) is 34.1 Å². The molecular formula is C46H53F3N8O5. The Bertz CT molecular complexity index is 2620. The number of carbonyl (C=O) groups is 3. The van der Waals surface area contributed by atoms with Crippen molar-refractivity contribution >= 4 is 45.3 Å². The molecule has 1 unspecified atom stereocenters. The molecule has 3 amide bonds. The summed E-state index contributed by atoms with van der Waals surface area (Å²) in [7, 11) is 1.77. The summed E-state index contributed by atoms with van der Waals surface area (Å²) in [6, 6.07) is 12.1. The molecule has 3 aromatic heterocycles. The normalized spacial score (nSPS) is 22.6. The Hall–Kier alpha value is -5.35. The molecule has 16 heteroatoms. The maximum absolute atomic E-state index is 13.4. The molecule has 5 aromatic rings. The lowest BCUT2D eigenvalue weighted by Gasteiger charge is -2.53. The number of nitrogens with zero attached hydrogens (tertiary/aromatic N) is 6.